The van der Waals surface area contributed by atoms with E-state index in [-0.39, 0.29) is 0 Å². The maximum absolute atomic E-state index is 13.5. The molecule has 2 aromatic rings. The molecule has 0 bridgehead atoms. The zero-order chi connectivity index (χ0) is 23.7. The molecule has 172 valence electrons. The molecule has 0 spiro atoms. The van der Waals surface area contributed by atoms with Crippen LogP contribution in [0.5, 0.6) is 0 Å². The molecule has 3 atom stereocenters. The minimum Gasteiger partial charge on any atom is -0.448 e. The Morgan fingerprint density at radius 3 is 2.06 bits per heavy atom. The largest absolute Gasteiger partial charge is 0.448 e. The summed E-state index contributed by atoms with van der Waals surface area (Å²) >= 11 is 0. The molecule has 0 aromatic heterocycles. The summed E-state index contributed by atoms with van der Waals surface area (Å²) < 4.78 is 10.8. The molecule has 1 unspecified atom stereocenters. The Balaban J connectivity index is 2.29. The number of nitrogens with one attached hydrogen (secondary N) is 1. The van der Waals surface area contributed by atoms with E-state index in [1.54, 1.807) is 51.1 Å². The van der Waals surface area contributed by atoms with Crippen molar-refractivity contribution in [2.45, 2.75) is 64.3 Å². The molecule has 0 aliphatic rings. The van der Waals surface area contributed by atoms with E-state index in [2.05, 4.69) is 5.32 Å². The smallest absolute Gasteiger partial charge is 0.408 e. The number of esters is 1. The van der Waals surface area contributed by atoms with Gasteiger partial charge in [0.05, 0.1) is 6.04 Å². The summed E-state index contributed by atoms with van der Waals surface area (Å²) in [5.74, 6) is -1.15. The Bertz CT molecular complexity index is 892. The highest BCUT2D eigenvalue weighted by atomic mass is 16.6. The van der Waals surface area contributed by atoms with Gasteiger partial charge < -0.3 is 20.5 Å². The number of aryl methyl sites for hydroxylation is 1. The van der Waals surface area contributed by atoms with Crippen LogP contribution in [0.1, 0.15) is 51.3 Å². The molecule has 3 N–H and O–H groups in total. The number of hydrogen-bond donors (Lipinski definition) is 2. The highest BCUT2D eigenvalue weighted by Crippen LogP contribution is 2.23. The molecule has 1 amide bonds. The fraction of sp³-hybridized carbons (Fsp3) is 0.400. The third kappa shape index (κ3) is 8.15. The number of ether oxygens (including phenoxy) is 2. The highest BCUT2D eigenvalue weighted by molar-refractivity contribution is 5.93. The van der Waals surface area contributed by atoms with Crippen LogP contribution in [0.15, 0.2) is 60.7 Å². The summed E-state index contributed by atoms with van der Waals surface area (Å²) in [4.78, 5) is 38.2. The van der Waals surface area contributed by atoms with Gasteiger partial charge in [0.25, 0.3) is 0 Å². The molecule has 2 aromatic carbocycles. The van der Waals surface area contributed by atoms with Gasteiger partial charge in [-0.3, -0.25) is 9.59 Å². The highest BCUT2D eigenvalue weighted by Gasteiger charge is 2.33. The first kappa shape index (κ1) is 25.1. The quantitative estimate of drug-likeness (QED) is 0.576. The number of ketones is 1. The van der Waals surface area contributed by atoms with Crippen molar-refractivity contribution in [1.82, 2.24) is 5.32 Å². The molecule has 32 heavy (non-hydrogen) atoms. The van der Waals surface area contributed by atoms with Crippen LogP contribution >= 0.6 is 0 Å². The van der Waals surface area contributed by atoms with E-state index in [1.807, 2.05) is 30.3 Å². The van der Waals surface area contributed by atoms with E-state index in [0.717, 1.165) is 5.56 Å². The molecule has 7 nitrogen and oxygen atoms in total. The van der Waals surface area contributed by atoms with Crippen molar-refractivity contribution >= 4 is 17.8 Å². The number of carbonyl (C=O) groups is 3. The summed E-state index contributed by atoms with van der Waals surface area (Å²) in [5.41, 5.74) is 6.44. The lowest BCUT2D eigenvalue weighted by Crippen LogP contribution is -2.46. The lowest BCUT2D eigenvalue weighted by atomic mass is 9.95. The third-order valence-corrected chi connectivity index (χ3v) is 4.57. The Kier molecular flexibility index (Phi) is 8.96. The second kappa shape index (κ2) is 11.4. The van der Waals surface area contributed by atoms with E-state index in [9.17, 15) is 14.4 Å². The average Bonchev–Trinajstić information content (AvgIpc) is 2.74. The van der Waals surface area contributed by atoms with Gasteiger partial charge in [-0.1, -0.05) is 60.7 Å². The van der Waals surface area contributed by atoms with E-state index >= 15 is 0 Å². The van der Waals surface area contributed by atoms with Crippen molar-refractivity contribution in [3.8, 4) is 0 Å². The standard InChI is InChI=1S/C25H32N2O5/c1-17(26)23(29)31-22(19-13-9-6-10-14-19)21(28)20(27-24(30)32-25(2,3)4)16-15-18-11-7-5-8-12-18/h5-14,17,20,22H,15-16,26H2,1-4H3,(H,27,30)/t17-,20+,22?/m0/s1. The number of Topliss-reactive ketones (excluding diaryl/α,β-unsaturated/α-hetero) is 1. The molecule has 0 radical (unpaired) electrons. The van der Waals surface area contributed by atoms with E-state index in [0.29, 0.717) is 18.4 Å². The first-order valence-corrected chi connectivity index (χ1v) is 10.6. The monoisotopic (exact) mass is 440 g/mol. The summed E-state index contributed by atoms with van der Waals surface area (Å²) in [6, 6.07) is 16.5. The van der Waals surface area contributed by atoms with Gasteiger partial charge in [-0.2, -0.15) is 0 Å². The molecule has 7 heteroatoms. The molecular weight excluding hydrogens is 408 g/mol. The number of rotatable bonds is 9. The number of hydrogen-bond acceptors (Lipinski definition) is 6. The Morgan fingerprint density at radius 1 is 0.969 bits per heavy atom. The SMILES string of the molecule is C[C@H](N)C(=O)OC(C(=O)[C@@H](CCc1ccccc1)NC(=O)OC(C)(C)C)c1ccccc1. The molecule has 0 heterocycles. The van der Waals surface area contributed by atoms with Crippen LogP contribution < -0.4 is 11.1 Å². The fourth-order valence-corrected chi connectivity index (χ4v) is 3.02. The molecular formula is C25H32N2O5. The lowest BCUT2D eigenvalue weighted by Gasteiger charge is -2.26. The van der Waals surface area contributed by atoms with Crippen molar-refractivity contribution in [3.63, 3.8) is 0 Å². The van der Waals surface area contributed by atoms with Gasteiger partial charge in [0.2, 0.25) is 0 Å². The second-order valence-electron chi connectivity index (χ2n) is 8.64. The predicted molar refractivity (Wildman–Crippen MR) is 122 cm³/mol. The number of alkyl carbamates (subject to hydrolysis) is 1. The molecule has 0 saturated heterocycles. The first-order valence-electron chi connectivity index (χ1n) is 10.6. The van der Waals surface area contributed by atoms with Gasteiger partial charge in [0.1, 0.15) is 11.6 Å². The average molecular weight is 441 g/mol. The number of carbonyl (C=O) groups excluding carboxylic acids is 3. The van der Waals surface area contributed by atoms with Crippen LogP contribution in [-0.4, -0.2) is 35.5 Å². The Labute approximate surface area is 189 Å². The van der Waals surface area contributed by atoms with Gasteiger partial charge in [0.15, 0.2) is 11.9 Å². The van der Waals surface area contributed by atoms with Crippen LogP contribution in [0, 0.1) is 0 Å². The first-order chi connectivity index (χ1) is 15.1. The van der Waals surface area contributed by atoms with Gasteiger partial charge >= 0.3 is 12.1 Å². The summed E-state index contributed by atoms with van der Waals surface area (Å²) in [6.07, 6.45) is -1.07. The van der Waals surface area contributed by atoms with Gasteiger partial charge in [-0.15, -0.1) is 0 Å². The van der Waals surface area contributed by atoms with Crippen LogP contribution in [0.3, 0.4) is 0 Å². The maximum Gasteiger partial charge on any atom is 0.408 e. The van der Waals surface area contributed by atoms with Crippen LogP contribution in [0.2, 0.25) is 0 Å². The van der Waals surface area contributed by atoms with Gasteiger partial charge in [-0.05, 0) is 46.1 Å². The van der Waals surface area contributed by atoms with Crippen LogP contribution in [-0.2, 0) is 25.5 Å². The molecule has 0 aliphatic heterocycles. The van der Waals surface area contributed by atoms with Crippen LogP contribution in [0.25, 0.3) is 0 Å². The van der Waals surface area contributed by atoms with Crippen molar-refractivity contribution in [2.24, 2.45) is 5.73 Å². The van der Waals surface area contributed by atoms with Gasteiger partial charge in [-0.25, -0.2) is 4.79 Å². The van der Waals surface area contributed by atoms with Crippen molar-refractivity contribution in [3.05, 3.63) is 71.8 Å². The van der Waals surface area contributed by atoms with Gasteiger partial charge in [0, 0.05) is 5.56 Å². The molecule has 0 saturated carbocycles. The van der Waals surface area contributed by atoms with Crippen LogP contribution in [0.4, 0.5) is 4.79 Å². The zero-order valence-corrected chi connectivity index (χ0v) is 19.0. The second-order valence-corrected chi connectivity index (χ2v) is 8.64. The summed E-state index contributed by atoms with van der Waals surface area (Å²) in [6.45, 7) is 6.71. The fourth-order valence-electron chi connectivity index (χ4n) is 3.02. The topological polar surface area (TPSA) is 108 Å². The third-order valence-electron chi connectivity index (χ3n) is 4.57. The predicted octanol–water partition coefficient (Wildman–Crippen LogP) is 3.71. The van der Waals surface area contributed by atoms with Crippen molar-refractivity contribution < 1.29 is 23.9 Å². The van der Waals surface area contributed by atoms with E-state index in [4.69, 9.17) is 15.2 Å². The summed E-state index contributed by atoms with van der Waals surface area (Å²) in [5, 5.41) is 2.66. The minimum atomic E-state index is -1.20. The Morgan fingerprint density at radius 2 is 1.53 bits per heavy atom. The molecule has 2 rings (SSSR count). The number of amides is 1. The van der Waals surface area contributed by atoms with Crippen molar-refractivity contribution in [2.75, 3.05) is 0 Å². The van der Waals surface area contributed by atoms with Crippen molar-refractivity contribution in [1.29, 1.82) is 0 Å². The molecule has 0 fully saturated rings. The normalized spacial score (nSPS) is 14.0. The Hall–Kier alpha value is -3.19. The lowest BCUT2D eigenvalue weighted by molar-refractivity contribution is -0.157. The van der Waals surface area contributed by atoms with E-state index in [1.165, 1.54) is 6.92 Å². The minimum absolute atomic E-state index is 0.307. The number of nitrogens with two attached hydrogens (primary N) is 1. The number of benzene rings is 2. The maximum atomic E-state index is 13.5. The van der Waals surface area contributed by atoms with E-state index < -0.39 is 41.6 Å². The zero-order valence-electron chi connectivity index (χ0n) is 19.0. The molecule has 0 aliphatic carbocycles. The summed E-state index contributed by atoms with van der Waals surface area (Å²) in [7, 11) is 0.